The predicted molar refractivity (Wildman–Crippen MR) is 148 cm³/mol. The quantitative estimate of drug-likeness (QED) is 0.237. The molecular formula is C30H30F4N4O2. The number of aliphatic imine (C=N–C) groups is 1. The van der Waals surface area contributed by atoms with E-state index in [1.807, 2.05) is 18.3 Å². The van der Waals surface area contributed by atoms with Gasteiger partial charge in [-0.15, -0.1) is 0 Å². The Hall–Kier alpha value is -4.34. The van der Waals surface area contributed by atoms with Crippen LogP contribution < -0.4 is 11.1 Å². The van der Waals surface area contributed by atoms with E-state index in [1.54, 1.807) is 26.1 Å². The molecule has 0 spiro atoms. The standard InChI is InChI=1S/C30H30F4N4O2/c1-15-10-19(5)36-14-22(15)11-18(4)26(27(28(35)39)23-12-24(31)17(3)9-16(23)2)25-8-7-21(13-37-25)29(40)38-20(6)30(32,33)34/h7-10,12-14,20,22H,1,4,11H2,2-3,5-6H3,(H2,35,39)(H,38,40). The summed E-state index contributed by atoms with van der Waals surface area (Å²) in [6.07, 6.45) is 0.273. The number of nitrogens with zero attached hydrogens (tertiary/aromatic N) is 2. The van der Waals surface area contributed by atoms with Gasteiger partial charge < -0.3 is 11.1 Å². The van der Waals surface area contributed by atoms with Gasteiger partial charge in [-0.3, -0.25) is 19.6 Å². The van der Waals surface area contributed by atoms with Crippen LogP contribution in [0.25, 0.3) is 11.1 Å². The van der Waals surface area contributed by atoms with Gasteiger partial charge in [0.15, 0.2) is 0 Å². The Morgan fingerprint density at radius 2 is 1.80 bits per heavy atom. The average molecular weight is 555 g/mol. The fourth-order valence-corrected chi connectivity index (χ4v) is 4.28. The van der Waals surface area contributed by atoms with Crippen LogP contribution in [0.2, 0.25) is 0 Å². The van der Waals surface area contributed by atoms with Crippen LogP contribution in [0.1, 0.15) is 53.0 Å². The van der Waals surface area contributed by atoms with Gasteiger partial charge in [-0.1, -0.05) is 19.2 Å². The third-order valence-electron chi connectivity index (χ3n) is 6.54. The third-order valence-corrected chi connectivity index (χ3v) is 6.54. The Morgan fingerprint density at radius 1 is 1.12 bits per heavy atom. The first-order valence-electron chi connectivity index (χ1n) is 12.3. The number of benzene rings is 1. The van der Waals surface area contributed by atoms with E-state index in [-0.39, 0.29) is 40.3 Å². The van der Waals surface area contributed by atoms with Crippen molar-refractivity contribution in [2.45, 2.75) is 46.3 Å². The Kier molecular flexibility index (Phi) is 8.92. The second-order valence-corrected chi connectivity index (χ2v) is 9.75. The van der Waals surface area contributed by atoms with Gasteiger partial charge in [0.25, 0.3) is 5.91 Å². The van der Waals surface area contributed by atoms with Crippen LogP contribution >= 0.6 is 0 Å². The van der Waals surface area contributed by atoms with E-state index in [1.165, 1.54) is 18.2 Å². The van der Waals surface area contributed by atoms with Crippen molar-refractivity contribution in [2.24, 2.45) is 16.6 Å². The van der Waals surface area contributed by atoms with Crippen LogP contribution in [0.3, 0.4) is 0 Å². The molecule has 0 saturated heterocycles. The predicted octanol–water partition coefficient (Wildman–Crippen LogP) is 6.02. The molecule has 0 radical (unpaired) electrons. The minimum atomic E-state index is -4.62. The Bertz CT molecular complexity index is 1470. The van der Waals surface area contributed by atoms with Crippen LogP contribution in [0, 0.1) is 25.6 Å². The number of nitrogens with two attached hydrogens (primary N) is 1. The highest BCUT2D eigenvalue weighted by atomic mass is 19.4. The summed E-state index contributed by atoms with van der Waals surface area (Å²) in [7, 11) is 0. The summed E-state index contributed by atoms with van der Waals surface area (Å²) < 4.78 is 53.4. The van der Waals surface area contributed by atoms with Crippen LogP contribution in [0.15, 0.2) is 71.5 Å². The summed E-state index contributed by atoms with van der Waals surface area (Å²) >= 11 is 0. The Labute approximate surface area is 230 Å². The molecule has 1 aromatic carbocycles. The molecule has 6 nitrogen and oxygen atoms in total. The van der Waals surface area contributed by atoms with Crippen molar-refractivity contribution in [1.29, 1.82) is 0 Å². The SMILES string of the molecule is C=C(CC1C=NC(C)=CC1=C)C(=C(C(N)=O)c1cc(F)c(C)cc1C)c1ccc(C(=O)NC(C)C(F)(F)F)cn1. The number of allylic oxidation sites excluding steroid dienone is 5. The molecule has 0 fully saturated rings. The molecular weight excluding hydrogens is 524 g/mol. The number of pyridine rings is 1. The Balaban J connectivity index is 2.14. The molecule has 210 valence electrons. The van der Waals surface area contributed by atoms with Crippen LogP contribution in [0.4, 0.5) is 17.6 Å². The van der Waals surface area contributed by atoms with Crippen molar-refractivity contribution in [3.63, 3.8) is 0 Å². The van der Waals surface area contributed by atoms with Gasteiger partial charge in [-0.05, 0) is 86.2 Å². The molecule has 1 aromatic heterocycles. The number of hydrogen-bond donors (Lipinski definition) is 2. The van der Waals surface area contributed by atoms with Gasteiger partial charge in [0, 0.05) is 29.6 Å². The molecule has 2 atom stereocenters. The lowest BCUT2D eigenvalue weighted by Crippen LogP contribution is -2.43. The van der Waals surface area contributed by atoms with Crippen molar-refractivity contribution in [3.05, 3.63) is 100 Å². The second kappa shape index (κ2) is 11.8. The molecule has 2 aromatic rings. The molecule has 3 rings (SSSR count). The highest BCUT2D eigenvalue weighted by Gasteiger charge is 2.37. The molecule has 2 unspecified atom stereocenters. The molecule has 0 bridgehead atoms. The van der Waals surface area contributed by atoms with Crippen LogP contribution in [-0.4, -0.2) is 35.2 Å². The molecule has 2 amide bonds. The monoisotopic (exact) mass is 554 g/mol. The molecule has 10 heteroatoms. The lowest BCUT2D eigenvalue weighted by Gasteiger charge is -2.22. The van der Waals surface area contributed by atoms with Gasteiger partial charge >= 0.3 is 6.18 Å². The number of nitrogens with one attached hydrogen (secondary N) is 1. The number of alkyl halides is 3. The summed E-state index contributed by atoms with van der Waals surface area (Å²) in [6.45, 7) is 14.2. The third kappa shape index (κ3) is 6.80. The van der Waals surface area contributed by atoms with Crippen molar-refractivity contribution in [3.8, 4) is 0 Å². The number of carbonyl (C=O) groups is 2. The highest BCUT2D eigenvalue weighted by Crippen LogP contribution is 2.37. The normalized spacial score (nSPS) is 16.6. The van der Waals surface area contributed by atoms with E-state index in [2.05, 4.69) is 23.1 Å². The maximum atomic E-state index is 14.7. The fourth-order valence-electron chi connectivity index (χ4n) is 4.28. The summed E-state index contributed by atoms with van der Waals surface area (Å²) in [5.41, 5.74) is 9.21. The van der Waals surface area contributed by atoms with Crippen LogP contribution in [-0.2, 0) is 4.79 Å². The molecule has 0 aliphatic carbocycles. The maximum Gasteiger partial charge on any atom is 0.408 e. The molecule has 3 N–H and O–H groups in total. The average Bonchev–Trinajstić information content (AvgIpc) is 2.86. The minimum Gasteiger partial charge on any atom is -0.366 e. The van der Waals surface area contributed by atoms with Gasteiger partial charge in [0.2, 0.25) is 5.91 Å². The number of aromatic nitrogens is 1. The molecule has 2 heterocycles. The van der Waals surface area contributed by atoms with E-state index in [9.17, 15) is 27.2 Å². The van der Waals surface area contributed by atoms with Gasteiger partial charge in [0.1, 0.15) is 11.9 Å². The van der Waals surface area contributed by atoms with Crippen molar-refractivity contribution >= 4 is 29.2 Å². The summed E-state index contributed by atoms with van der Waals surface area (Å²) in [6, 6.07) is 3.39. The molecule has 0 saturated carbocycles. The minimum absolute atomic E-state index is 0.0399. The summed E-state index contributed by atoms with van der Waals surface area (Å²) in [5.74, 6) is -2.64. The topological polar surface area (TPSA) is 97.4 Å². The summed E-state index contributed by atoms with van der Waals surface area (Å²) in [5, 5.41) is 1.88. The first kappa shape index (κ1) is 30.2. The number of carbonyl (C=O) groups excluding carboxylic acids is 2. The first-order chi connectivity index (χ1) is 18.6. The van der Waals surface area contributed by atoms with Crippen molar-refractivity contribution in [2.75, 3.05) is 0 Å². The zero-order valence-electron chi connectivity index (χ0n) is 22.6. The second-order valence-electron chi connectivity index (χ2n) is 9.75. The summed E-state index contributed by atoms with van der Waals surface area (Å²) in [4.78, 5) is 33.9. The zero-order valence-corrected chi connectivity index (χ0v) is 22.6. The molecule has 1 aliphatic heterocycles. The van der Waals surface area contributed by atoms with Gasteiger partial charge in [-0.2, -0.15) is 13.2 Å². The Morgan fingerprint density at radius 3 is 2.35 bits per heavy atom. The van der Waals surface area contributed by atoms with E-state index < -0.39 is 29.8 Å². The number of aryl methyl sites for hydroxylation is 2. The smallest absolute Gasteiger partial charge is 0.366 e. The van der Waals surface area contributed by atoms with Gasteiger partial charge in [-0.25, -0.2) is 4.39 Å². The molecule has 40 heavy (non-hydrogen) atoms. The first-order valence-corrected chi connectivity index (χ1v) is 12.3. The number of hydrogen-bond acceptors (Lipinski definition) is 4. The van der Waals surface area contributed by atoms with E-state index >= 15 is 0 Å². The zero-order chi connectivity index (χ0) is 29.9. The van der Waals surface area contributed by atoms with Crippen molar-refractivity contribution < 1.29 is 27.2 Å². The van der Waals surface area contributed by atoms with E-state index in [4.69, 9.17) is 5.73 Å². The number of amides is 2. The number of primary amides is 1. The van der Waals surface area contributed by atoms with Crippen LogP contribution in [0.5, 0.6) is 0 Å². The lowest BCUT2D eigenvalue weighted by atomic mass is 9.84. The fraction of sp³-hybridized carbons (Fsp3) is 0.267. The lowest BCUT2D eigenvalue weighted by molar-refractivity contribution is -0.149. The number of halogens is 4. The number of rotatable bonds is 8. The largest absolute Gasteiger partial charge is 0.408 e. The van der Waals surface area contributed by atoms with Crippen molar-refractivity contribution in [1.82, 2.24) is 10.3 Å². The van der Waals surface area contributed by atoms with E-state index in [0.29, 0.717) is 16.7 Å². The van der Waals surface area contributed by atoms with E-state index in [0.717, 1.165) is 24.4 Å². The van der Waals surface area contributed by atoms with Gasteiger partial charge in [0.05, 0.1) is 16.8 Å². The highest BCUT2D eigenvalue weighted by molar-refractivity contribution is 6.28. The molecule has 1 aliphatic rings. The maximum absolute atomic E-state index is 14.7.